The highest BCUT2D eigenvalue weighted by molar-refractivity contribution is 5.70. The van der Waals surface area contributed by atoms with E-state index in [1.807, 2.05) is 0 Å². The minimum Gasteiger partial charge on any atom is -0.383 e. The number of alkyl halides is 3. The predicted octanol–water partition coefficient (Wildman–Crippen LogP) is 3.89. The van der Waals surface area contributed by atoms with Crippen LogP contribution >= 0.6 is 0 Å². The van der Waals surface area contributed by atoms with Gasteiger partial charge in [-0.25, -0.2) is 4.39 Å². The maximum Gasteiger partial charge on any atom is 0.397 e. The first kappa shape index (κ1) is 14.8. The molecule has 0 aliphatic carbocycles. The number of hydrogen-bond acceptors (Lipinski definition) is 2. The van der Waals surface area contributed by atoms with Gasteiger partial charge in [-0.3, -0.25) is 0 Å². The summed E-state index contributed by atoms with van der Waals surface area (Å²) in [6, 6.07) is 9.40. The summed E-state index contributed by atoms with van der Waals surface area (Å²) in [6.45, 7) is 0.0765. The van der Waals surface area contributed by atoms with Crippen LogP contribution in [0.25, 0.3) is 11.1 Å². The number of hydrogen-bond donors (Lipinski definition) is 2. The Hall–Kier alpha value is -2.08. The maximum absolute atomic E-state index is 13.3. The molecule has 2 aromatic rings. The van der Waals surface area contributed by atoms with Crippen molar-refractivity contribution in [3.63, 3.8) is 0 Å². The van der Waals surface area contributed by atoms with Gasteiger partial charge in [0.15, 0.2) is 0 Å². The molecule has 0 amide bonds. The average Bonchev–Trinajstić information content (AvgIpc) is 2.46. The molecule has 6 heteroatoms. The highest BCUT2D eigenvalue weighted by Crippen LogP contribution is 2.43. The van der Waals surface area contributed by atoms with E-state index in [9.17, 15) is 17.6 Å². The lowest BCUT2D eigenvalue weighted by Crippen LogP contribution is -2.45. The van der Waals surface area contributed by atoms with Crippen LogP contribution in [0.2, 0.25) is 0 Å². The van der Waals surface area contributed by atoms with Crippen molar-refractivity contribution in [2.24, 2.45) is 5.73 Å². The van der Waals surface area contributed by atoms with Crippen molar-refractivity contribution in [1.82, 2.24) is 0 Å². The van der Waals surface area contributed by atoms with Gasteiger partial charge in [0.2, 0.25) is 0 Å². The fourth-order valence-electron chi connectivity index (χ4n) is 2.80. The van der Waals surface area contributed by atoms with Crippen LogP contribution in [0, 0.1) is 5.82 Å². The van der Waals surface area contributed by atoms with Crippen LogP contribution < -0.4 is 11.1 Å². The average molecular weight is 310 g/mol. The fraction of sp³-hybridized carbons (Fsp3) is 0.250. The van der Waals surface area contributed by atoms with Gasteiger partial charge >= 0.3 is 6.18 Å². The summed E-state index contributed by atoms with van der Waals surface area (Å²) in [5.41, 5.74) is 7.49. The smallest absolute Gasteiger partial charge is 0.383 e. The Morgan fingerprint density at radius 2 is 1.64 bits per heavy atom. The largest absolute Gasteiger partial charge is 0.397 e. The third-order valence-corrected chi connectivity index (χ3v) is 3.87. The van der Waals surface area contributed by atoms with Gasteiger partial charge in [0, 0.05) is 18.3 Å². The molecule has 1 aliphatic heterocycles. The van der Waals surface area contributed by atoms with Crippen LogP contribution in [-0.2, 0) is 0 Å². The first-order valence-electron chi connectivity index (χ1n) is 6.82. The summed E-state index contributed by atoms with van der Waals surface area (Å²) in [6.07, 6.45) is -4.41. The van der Waals surface area contributed by atoms with Crippen LogP contribution in [-0.4, -0.2) is 18.8 Å². The Labute approximate surface area is 124 Å². The van der Waals surface area contributed by atoms with E-state index < -0.39 is 24.0 Å². The Morgan fingerprint density at radius 3 is 2.27 bits per heavy atom. The molecule has 1 aliphatic rings. The van der Waals surface area contributed by atoms with E-state index in [2.05, 4.69) is 5.32 Å². The molecule has 2 aromatic carbocycles. The zero-order valence-corrected chi connectivity index (χ0v) is 11.5. The molecular formula is C16H14F4N2. The quantitative estimate of drug-likeness (QED) is 0.784. The first-order chi connectivity index (χ1) is 10.4. The van der Waals surface area contributed by atoms with Crippen LogP contribution in [0.5, 0.6) is 0 Å². The molecule has 2 atom stereocenters. The fourth-order valence-corrected chi connectivity index (χ4v) is 2.80. The molecule has 3 rings (SSSR count). The molecule has 0 aromatic heterocycles. The highest BCUT2D eigenvalue weighted by atomic mass is 19.4. The van der Waals surface area contributed by atoms with E-state index in [4.69, 9.17) is 5.73 Å². The Bertz CT molecular complexity index is 680. The molecule has 0 bridgehead atoms. The summed E-state index contributed by atoms with van der Waals surface area (Å²) in [7, 11) is 0. The van der Waals surface area contributed by atoms with Crippen molar-refractivity contribution in [2.45, 2.75) is 18.1 Å². The second-order valence-electron chi connectivity index (χ2n) is 5.37. The standard InChI is InChI=1S/C16H14F4N2/c17-11-4-1-9(2-5-11)10-3-6-14-12(7-10)15(16(18,19)20)13(21)8-22-14/h1-7,13,15,22H,8,21H2. The third-order valence-electron chi connectivity index (χ3n) is 3.87. The Kier molecular flexibility index (Phi) is 3.56. The number of rotatable bonds is 1. The van der Waals surface area contributed by atoms with Gasteiger partial charge in [-0.1, -0.05) is 18.2 Å². The van der Waals surface area contributed by atoms with Gasteiger partial charge in [0.25, 0.3) is 0 Å². The van der Waals surface area contributed by atoms with Crippen molar-refractivity contribution in [3.05, 3.63) is 53.8 Å². The lowest BCUT2D eigenvalue weighted by molar-refractivity contribution is -0.154. The van der Waals surface area contributed by atoms with Crippen molar-refractivity contribution in [1.29, 1.82) is 0 Å². The van der Waals surface area contributed by atoms with Gasteiger partial charge in [-0.05, 0) is 41.0 Å². The second kappa shape index (κ2) is 5.28. The van der Waals surface area contributed by atoms with E-state index >= 15 is 0 Å². The minimum absolute atomic E-state index is 0.0765. The van der Waals surface area contributed by atoms with Crippen molar-refractivity contribution in [2.75, 3.05) is 11.9 Å². The third kappa shape index (κ3) is 2.66. The molecule has 0 fully saturated rings. The molecule has 1 heterocycles. The summed E-state index contributed by atoms with van der Waals surface area (Å²) >= 11 is 0. The van der Waals surface area contributed by atoms with Gasteiger partial charge in [0.1, 0.15) is 5.82 Å². The second-order valence-corrected chi connectivity index (χ2v) is 5.37. The summed E-state index contributed by atoms with van der Waals surface area (Å²) in [5, 5.41) is 2.92. The van der Waals surface area contributed by atoms with E-state index in [0.29, 0.717) is 16.8 Å². The summed E-state index contributed by atoms with van der Waals surface area (Å²) in [5.74, 6) is -2.09. The van der Waals surface area contributed by atoms with Crippen LogP contribution in [0.1, 0.15) is 11.5 Å². The zero-order valence-electron chi connectivity index (χ0n) is 11.5. The highest BCUT2D eigenvalue weighted by Gasteiger charge is 2.47. The number of nitrogens with two attached hydrogens (primary N) is 1. The summed E-state index contributed by atoms with van der Waals surface area (Å²) in [4.78, 5) is 0. The molecule has 0 saturated carbocycles. The molecule has 3 N–H and O–H groups in total. The molecule has 22 heavy (non-hydrogen) atoms. The molecule has 116 valence electrons. The van der Waals surface area contributed by atoms with Gasteiger partial charge in [-0.2, -0.15) is 13.2 Å². The Morgan fingerprint density at radius 1 is 1.00 bits per heavy atom. The van der Waals surface area contributed by atoms with Crippen LogP contribution in [0.15, 0.2) is 42.5 Å². The van der Waals surface area contributed by atoms with E-state index in [1.165, 1.54) is 30.3 Å². The number of nitrogens with one attached hydrogen (secondary N) is 1. The van der Waals surface area contributed by atoms with Gasteiger partial charge in [0.05, 0.1) is 5.92 Å². The number of halogens is 4. The van der Waals surface area contributed by atoms with E-state index in [0.717, 1.165) is 0 Å². The number of benzene rings is 2. The topological polar surface area (TPSA) is 38.0 Å². The molecule has 2 unspecified atom stereocenters. The SMILES string of the molecule is NC1CNc2ccc(-c3ccc(F)cc3)cc2C1C(F)(F)F. The lowest BCUT2D eigenvalue weighted by Gasteiger charge is -2.33. The van der Waals surface area contributed by atoms with E-state index in [1.54, 1.807) is 12.1 Å². The van der Waals surface area contributed by atoms with Crippen LogP contribution in [0.3, 0.4) is 0 Å². The Balaban J connectivity index is 2.08. The normalized spacial score (nSPS) is 21.1. The van der Waals surface area contributed by atoms with Crippen molar-refractivity contribution >= 4 is 5.69 Å². The monoisotopic (exact) mass is 310 g/mol. The van der Waals surface area contributed by atoms with Crippen molar-refractivity contribution in [3.8, 4) is 11.1 Å². The van der Waals surface area contributed by atoms with E-state index in [-0.39, 0.29) is 12.1 Å². The van der Waals surface area contributed by atoms with Gasteiger partial charge in [-0.15, -0.1) is 0 Å². The summed E-state index contributed by atoms with van der Waals surface area (Å²) < 4.78 is 52.9. The minimum atomic E-state index is -4.41. The van der Waals surface area contributed by atoms with Gasteiger partial charge < -0.3 is 11.1 Å². The van der Waals surface area contributed by atoms with Crippen molar-refractivity contribution < 1.29 is 17.6 Å². The predicted molar refractivity (Wildman–Crippen MR) is 77.1 cm³/mol. The number of fused-ring (bicyclic) bond motifs is 1. The first-order valence-corrected chi connectivity index (χ1v) is 6.82. The van der Waals surface area contributed by atoms with Crippen LogP contribution in [0.4, 0.5) is 23.2 Å². The maximum atomic E-state index is 13.3. The lowest BCUT2D eigenvalue weighted by atomic mass is 9.85. The molecule has 0 radical (unpaired) electrons. The molecular weight excluding hydrogens is 296 g/mol. The molecule has 0 spiro atoms. The molecule has 2 nitrogen and oxygen atoms in total. The number of anilines is 1. The zero-order chi connectivity index (χ0) is 15.9. The molecule has 0 saturated heterocycles.